The number of nitrogens with two attached hydrogens (primary N) is 2. The predicted octanol–water partition coefficient (Wildman–Crippen LogP) is 3.70. The Balaban J connectivity index is 1.81. The maximum absolute atomic E-state index is 6.17. The number of fused-ring (bicyclic) bond motifs is 2. The fourth-order valence-electron chi connectivity index (χ4n) is 3.69. The first-order chi connectivity index (χ1) is 10.7. The van der Waals surface area contributed by atoms with Crippen LogP contribution in [0.4, 0.5) is 17.1 Å². The van der Waals surface area contributed by atoms with Crippen molar-refractivity contribution >= 4 is 28.7 Å². The van der Waals surface area contributed by atoms with E-state index in [2.05, 4.69) is 29.6 Å². The van der Waals surface area contributed by atoms with E-state index in [0.29, 0.717) is 0 Å². The third kappa shape index (κ3) is 2.05. The molecule has 1 aliphatic heterocycles. The summed E-state index contributed by atoms with van der Waals surface area (Å²) < 4.78 is 0. The van der Waals surface area contributed by atoms with E-state index in [1.807, 2.05) is 12.1 Å². The molecule has 0 radical (unpaired) electrons. The number of anilines is 3. The molecule has 1 aliphatic carbocycles. The zero-order valence-electron chi connectivity index (χ0n) is 12.7. The fraction of sp³-hybridized carbons (Fsp3) is 0.263. The molecule has 0 amide bonds. The zero-order chi connectivity index (χ0) is 15.1. The third-order valence-corrected chi connectivity index (χ3v) is 4.84. The topological polar surface area (TPSA) is 64.1 Å². The Hall–Kier alpha value is -2.42. The quantitative estimate of drug-likeness (QED) is 0.702. The van der Waals surface area contributed by atoms with Crippen LogP contribution >= 0.6 is 0 Å². The normalized spacial score (nSPS) is 17.9. The van der Waals surface area contributed by atoms with Crippen molar-refractivity contribution in [2.45, 2.75) is 25.7 Å². The molecule has 2 aromatic rings. The standard InChI is InChI=1S/C19H21N3/c20-17-9-8-12(14-4-1-2-5-16(14)17)10-13-11-22-19-15(13)6-3-7-18(19)21/h3,6-10,22H,1-2,4-5,11,20-21H2. The molecule has 0 aromatic heterocycles. The summed E-state index contributed by atoms with van der Waals surface area (Å²) in [7, 11) is 0. The molecule has 0 spiro atoms. The van der Waals surface area contributed by atoms with Crippen LogP contribution in [-0.4, -0.2) is 6.54 Å². The van der Waals surface area contributed by atoms with Gasteiger partial charge < -0.3 is 16.8 Å². The Bertz CT molecular complexity index is 774. The van der Waals surface area contributed by atoms with Crippen molar-refractivity contribution in [1.82, 2.24) is 0 Å². The van der Waals surface area contributed by atoms with Crippen molar-refractivity contribution in [2.24, 2.45) is 0 Å². The summed E-state index contributed by atoms with van der Waals surface area (Å²) in [6.07, 6.45) is 7.06. The van der Waals surface area contributed by atoms with Crippen molar-refractivity contribution in [3.8, 4) is 0 Å². The molecule has 4 rings (SSSR count). The molecule has 1 heterocycles. The summed E-state index contributed by atoms with van der Waals surface area (Å²) >= 11 is 0. The van der Waals surface area contributed by atoms with Gasteiger partial charge in [-0.25, -0.2) is 0 Å². The average molecular weight is 291 g/mol. The van der Waals surface area contributed by atoms with Gasteiger partial charge >= 0.3 is 0 Å². The summed E-state index contributed by atoms with van der Waals surface area (Å²) in [6, 6.07) is 10.3. The van der Waals surface area contributed by atoms with Crippen LogP contribution in [0.25, 0.3) is 11.6 Å². The molecule has 0 bridgehead atoms. The largest absolute Gasteiger partial charge is 0.398 e. The Labute approximate surface area is 131 Å². The van der Waals surface area contributed by atoms with E-state index in [1.165, 1.54) is 40.7 Å². The highest BCUT2D eigenvalue weighted by Crippen LogP contribution is 2.37. The number of para-hydroxylation sites is 1. The molecule has 112 valence electrons. The van der Waals surface area contributed by atoms with Crippen molar-refractivity contribution in [1.29, 1.82) is 0 Å². The number of nitrogen functional groups attached to an aromatic ring is 2. The van der Waals surface area contributed by atoms with Gasteiger partial charge in [0.2, 0.25) is 0 Å². The highest BCUT2D eigenvalue weighted by atomic mass is 14.9. The highest BCUT2D eigenvalue weighted by Gasteiger charge is 2.19. The summed E-state index contributed by atoms with van der Waals surface area (Å²) in [5, 5.41) is 3.41. The first kappa shape index (κ1) is 13.3. The van der Waals surface area contributed by atoms with Crippen LogP contribution in [0.3, 0.4) is 0 Å². The second-order valence-electron chi connectivity index (χ2n) is 6.20. The molecule has 2 aromatic carbocycles. The van der Waals surface area contributed by atoms with E-state index in [4.69, 9.17) is 11.5 Å². The van der Waals surface area contributed by atoms with E-state index in [1.54, 1.807) is 0 Å². The van der Waals surface area contributed by atoms with Gasteiger partial charge in [-0.3, -0.25) is 0 Å². The van der Waals surface area contributed by atoms with Crippen LogP contribution in [-0.2, 0) is 12.8 Å². The number of rotatable bonds is 1. The minimum Gasteiger partial charge on any atom is -0.398 e. The molecular weight excluding hydrogens is 270 g/mol. The lowest BCUT2D eigenvalue weighted by atomic mass is 9.86. The number of hydrogen-bond donors (Lipinski definition) is 3. The summed E-state index contributed by atoms with van der Waals surface area (Å²) in [6.45, 7) is 0.836. The minimum absolute atomic E-state index is 0.820. The van der Waals surface area contributed by atoms with Gasteiger partial charge in [0, 0.05) is 17.8 Å². The molecule has 0 saturated heterocycles. The van der Waals surface area contributed by atoms with Crippen LogP contribution < -0.4 is 16.8 Å². The van der Waals surface area contributed by atoms with E-state index in [0.717, 1.165) is 36.4 Å². The van der Waals surface area contributed by atoms with Crippen molar-refractivity contribution in [3.05, 3.63) is 52.6 Å². The molecule has 0 fully saturated rings. The monoisotopic (exact) mass is 291 g/mol. The van der Waals surface area contributed by atoms with Crippen molar-refractivity contribution in [2.75, 3.05) is 23.3 Å². The first-order valence-electron chi connectivity index (χ1n) is 7.97. The van der Waals surface area contributed by atoms with Gasteiger partial charge in [0.25, 0.3) is 0 Å². The van der Waals surface area contributed by atoms with E-state index < -0.39 is 0 Å². The fourth-order valence-corrected chi connectivity index (χ4v) is 3.69. The van der Waals surface area contributed by atoms with Crippen LogP contribution in [0.2, 0.25) is 0 Å². The van der Waals surface area contributed by atoms with Gasteiger partial charge in [-0.15, -0.1) is 0 Å². The summed E-state index contributed by atoms with van der Waals surface area (Å²) in [5.41, 5.74) is 21.7. The maximum Gasteiger partial charge on any atom is 0.0653 e. The third-order valence-electron chi connectivity index (χ3n) is 4.84. The summed E-state index contributed by atoms with van der Waals surface area (Å²) in [5.74, 6) is 0. The van der Waals surface area contributed by atoms with Gasteiger partial charge in [-0.2, -0.15) is 0 Å². The van der Waals surface area contributed by atoms with Crippen molar-refractivity contribution < 1.29 is 0 Å². The smallest absolute Gasteiger partial charge is 0.0653 e. The average Bonchev–Trinajstić information content (AvgIpc) is 2.95. The molecule has 3 nitrogen and oxygen atoms in total. The van der Waals surface area contributed by atoms with Crippen molar-refractivity contribution in [3.63, 3.8) is 0 Å². The Kier molecular flexibility index (Phi) is 3.07. The lowest BCUT2D eigenvalue weighted by Gasteiger charge is -2.20. The molecule has 22 heavy (non-hydrogen) atoms. The summed E-state index contributed by atoms with van der Waals surface area (Å²) in [4.78, 5) is 0. The number of nitrogens with one attached hydrogen (secondary N) is 1. The van der Waals surface area contributed by atoms with E-state index in [-0.39, 0.29) is 0 Å². The van der Waals surface area contributed by atoms with Gasteiger partial charge in [0.1, 0.15) is 0 Å². The Morgan fingerprint density at radius 3 is 2.59 bits per heavy atom. The zero-order valence-corrected chi connectivity index (χ0v) is 12.7. The van der Waals surface area contributed by atoms with E-state index >= 15 is 0 Å². The van der Waals surface area contributed by atoms with Crippen LogP contribution in [0.1, 0.15) is 35.1 Å². The molecule has 0 saturated carbocycles. The van der Waals surface area contributed by atoms with Crippen LogP contribution in [0.5, 0.6) is 0 Å². The lowest BCUT2D eigenvalue weighted by molar-refractivity contribution is 0.686. The maximum atomic E-state index is 6.17. The Morgan fingerprint density at radius 2 is 1.73 bits per heavy atom. The van der Waals surface area contributed by atoms with Crippen LogP contribution in [0.15, 0.2) is 30.3 Å². The molecule has 5 N–H and O–H groups in total. The Morgan fingerprint density at radius 1 is 0.909 bits per heavy atom. The molecule has 0 atom stereocenters. The first-order valence-corrected chi connectivity index (χ1v) is 7.97. The molecular formula is C19H21N3. The second kappa shape index (κ2) is 5.09. The molecule has 2 aliphatic rings. The number of hydrogen-bond acceptors (Lipinski definition) is 3. The predicted molar refractivity (Wildman–Crippen MR) is 94.7 cm³/mol. The van der Waals surface area contributed by atoms with Gasteiger partial charge in [-0.05, 0) is 66.2 Å². The SMILES string of the molecule is Nc1ccc(C=C2CNc3c(N)cccc32)c2c1CCCC2. The van der Waals surface area contributed by atoms with E-state index in [9.17, 15) is 0 Å². The molecule has 3 heteroatoms. The van der Waals surface area contributed by atoms with Gasteiger partial charge in [-0.1, -0.05) is 18.2 Å². The minimum atomic E-state index is 0.820. The number of benzene rings is 2. The lowest BCUT2D eigenvalue weighted by Crippen LogP contribution is -2.08. The van der Waals surface area contributed by atoms with Gasteiger partial charge in [0.05, 0.1) is 11.4 Å². The highest BCUT2D eigenvalue weighted by molar-refractivity contribution is 5.97. The van der Waals surface area contributed by atoms with Crippen LogP contribution in [0, 0.1) is 0 Å². The second-order valence-corrected chi connectivity index (χ2v) is 6.20. The molecule has 0 unspecified atom stereocenters. The van der Waals surface area contributed by atoms with Gasteiger partial charge in [0.15, 0.2) is 0 Å².